The number of hydrogen-bond donors (Lipinski definition) is 1. The van der Waals surface area contributed by atoms with Gasteiger partial charge in [-0.15, -0.1) is 0 Å². The predicted octanol–water partition coefficient (Wildman–Crippen LogP) is 2.59. The molecular formula is C13H19ClFN3. The number of benzene rings is 1. The lowest BCUT2D eigenvalue weighted by Crippen LogP contribution is -2.45. The number of likely N-dealkylation sites (tertiary alicyclic amines) is 1. The first-order valence-corrected chi connectivity index (χ1v) is 6.52. The molecule has 1 unspecified atom stereocenters. The van der Waals surface area contributed by atoms with E-state index in [1.165, 1.54) is 12.5 Å². The Bertz CT molecular complexity index is 438. The molecule has 1 fully saturated rings. The molecular weight excluding hydrogens is 253 g/mol. The Morgan fingerprint density at radius 1 is 1.50 bits per heavy atom. The third-order valence-corrected chi connectivity index (χ3v) is 3.89. The van der Waals surface area contributed by atoms with Gasteiger partial charge in [0.05, 0.1) is 16.4 Å². The SMILES string of the molecule is CN1CCCC(N(C)c2cc(Cl)c(F)cc2N)C1. The van der Waals surface area contributed by atoms with Gasteiger partial charge in [0, 0.05) is 25.7 Å². The molecule has 2 rings (SSSR count). The van der Waals surface area contributed by atoms with Gasteiger partial charge in [0.1, 0.15) is 5.82 Å². The Morgan fingerprint density at radius 2 is 2.22 bits per heavy atom. The van der Waals surface area contributed by atoms with Gasteiger partial charge in [-0.2, -0.15) is 0 Å². The zero-order valence-electron chi connectivity index (χ0n) is 10.8. The average Bonchev–Trinajstić information content (AvgIpc) is 2.33. The smallest absolute Gasteiger partial charge is 0.143 e. The maximum Gasteiger partial charge on any atom is 0.143 e. The molecule has 3 nitrogen and oxygen atoms in total. The van der Waals surface area contributed by atoms with Crippen molar-refractivity contribution in [2.24, 2.45) is 0 Å². The lowest BCUT2D eigenvalue weighted by molar-refractivity contribution is 0.248. The highest BCUT2D eigenvalue weighted by Crippen LogP contribution is 2.31. The number of halogens is 2. The summed E-state index contributed by atoms with van der Waals surface area (Å²) in [5.74, 6) is -0.466. The summed E-state index contributed by atoms with van der Waals surface area (Å²) in [6.45, 7) is 2.12. The van der Waals surface area contributed by atoms with Crippen molar-refractivity contribution in [2.75, 3.05) is 37.8 Å². The topological polar surface area (TPSA) is 32.5 Å². The first kappa shape index (κ1) is 13.4. The van der Waals surface area contributed by atoms with Crippen LogP contribution < -0.4 is 10.6 Å². The average molecular weight is 272 g/mol. The van der Waals surface area contributed by atoms with Crippen LogP contribution in [0.3, 0.4) is 0 Å². The normalized spacial score (nSPS) is 21.0. The zero-order chi connectivity index (χ0) is 13.3. The molecule has 0 radical (unpaired) electrons. The Morgan fingerprint density at radius 3 is 2.89 bits per heavy atom. The summed E-state index contributed by atoms with van der Waals surface area (Å²) in [5.41, 5.74) is 7.12. The molecule has 0 saturated carbocycles. The molecule has 2 N–H and O–H groups in total. The van der Waals surface area contributed by atoms with Crippen LogP contribution in [-0.2, 0) is 0 Å². The molecule has 1 atom stereocenters. The van der Waals surface area contributed by atoms with Crippen molar-refractivity contribution in [3.63, 3.8) is 0 Å². The van der Waals surface area contributed by atoms with Crippen molar-refractivity contribution in [2.45, 2.75) is 18.9 Å². The van der Waals surface area contributed by atoms with E-state index in [1.54, 1.807) is 6.07 Å². The molecule has 1 saturated heterocycles. The number of nitrogen functional groups attached to an aromatic ring is 1. The standard InChI is InChI=1S/C13H19ClFN3/c1-17-5-3-4-9(8-17)18(2)13-6-10(14)11(15)7-12(13)16/h6-7,9H,3-5,8,16H2,1-2H3. The second-order valence-corrected chi connectivity index (χ2v) is 5.40. The van der Waals surface area contributed by atoms with E-state index < -0.39 is 5.82 Å². The van der Waals surface area contributed by atoms with Crippen molar-refractivity contribution in [3.8, 4) is 0 Å². The molecule has 0 bridgehead atoms. The fraction of sp³-hybridized carbons (Fsp3) is 0.538. The maximum atomic E-state index is 13.3. The molecule has 5 heteroatoms. The molecule has 0 aromatic heterocycles. The Hall–Kier alpha value is -1.00. The second-order valence-electron chi connectivity index (χ2n) is 4.99. The lowest BCUT2D eigenvalue weighted by atomic mass is 10.0. The number of nitrogens with two attached hydrogens (primary N) is 1. The highest BCUT2D eigenvalue weighted by Gasteiger charge is 2.23. The molecule has 1 aliphatic rings. The summed E-state index contributed by atoms with van der Waals surface area (Å²) in [6, 6.07) is 3.30. The van der Waals surface area contributed by atoms with Crippen LogP contribution in [0.1, 0.15) is 12.8 Å². The van der Waals surface area contributed by atoms with Crippen LogP contribution in [0, 0.1) is 5.82 Å². The van der Waals surface area contributed by atoms with Gasteiger partial charge < -0.3 is 15.5 Å². The second kappa shape index (κ2) is 5.33. The van der Waals surface area contributed by atoms with E-state index >= 15 is 0 Å². The minimum atomic E-state index is -0.466. The molecule has 18 heavy (non-hydrogen) atoms. The number of nitrogens with zero attached hydrogens (tertiary/aromatic N) is 2. The minimum Gasteiger partial charge on any atom is -0.397 e. The van der Waals surface area contributed by atoms with Crippen LogP contribution in [0.25, 0.3) is 0 Å². The van der Waals surface area contributed by atoms with Gasteiger partial charge in [0.25, 0.3) is 0 Å². The van der Waals surface area contributed by atoms with Crippen LogP contribution in [0.15, 0.2) is 12.1 Å². The van der Waals surface area contributed by atoms with Crippen molar-refractivity contribution >= 4 is 23.0 Å². The van der Waals surface area contributed by atoms with E-state index in [-0.39, 0.29) is 5.02 Å². The van der Waals surface area contributed by atoms with Crippen LogP contribution >= 0.6 is 11.6 Å². The van der Waals surface area contributed by atoms with E-state index in [0.717, 1.165) is 25.2 Å². The van der Waals surface area contributed by atoms with Crippen molar-refractivity contribution in [1.29, 1.82) is 0 Å². The lowest BCUT2D eigenvalue weighted by Gasteiger charge is -2.37. The van der Waals surface area contributed by atoms with Gasteiger partial charge >= 0.3 is 0 Å². The molecule has 0 spiro atoms. The highest BCUT2D eigenvalue weighted by molar-refractivity contribution is 6.31. The Balaban J connectivity index is 2.22. The summed E-state index contributed by atoms with van der Waals surface area (Å²) in [6.07, 6.45) is 2.29. The number of rotatable bonds is 2. The third-order valence-electron chi connectivity index (χ3n) is 3.60. The van der Waals surface area contributed by atoms with Crippen molar-refractivity contribution in [3.05, 3.63) is 23.0 Å². The summed E-state index contributed by atoms with van der Waals surface area (Å²) in [4.78, 5) is 4.41. The summed E-state index contributed by atoms with van der Waals surface area (Å²) >= 11 is 5.83. The van der Waals surface area contributed by atoms with Crippen LogP contribution in [-0.4, -0.2) is 38.1 Å². The van der Waals surface area contributed by atoms with Gasteiger partial charge in [0.15, 0.2) is 0 Å². The van der Waals surface area contributed by atoms with Crippen molar-refractivity contribution < 1.29 is 4.39 Å². The highest BCUT2D eigenvalue weighted by atomic mass is 35.5. The van der Waals surface area contributed by atoms with E-state index in [0.29, 0.717) is 11.7 Å². The first-order valence-electron chi connectivity index (χ1n) is 6.15. The molecule has 1 heterocycles. The first-order chi connectivity index (χ1) is 8.49. The van der Waals surface area contributed by atoms with Gasteiger partial charge in [-0.25, -0.2) is 4.39 Å². The summed E-state index contributed by atoms with van der Waals surface area (Å²) < 4.78 is 13.3. The largest absolute Gasteiger partial charge is 0.397 e. The van der Waals surface area contributed by atoms with Crippen LogP contribution in [0.5, 0.6) is 0 Å². The monoisotopic (exact) mass is 271 g/mol. The number of anilines is 2. The van der Waals surface area contributed by atoms with Gasteiger partial charge in [-0.05, 0) is 32.5 Å². The van der Waals surface area contributed by atoms with Crippen LogP contribution in [0.4, 0.5) is 15.8 Å². The van der Waals surface area contributed by atoms with E-state index in [1.807, 2.05) is 7.05 Å². The fourth-order valence-corrected chi connectivity index (χ4v) is 2.67. The van der Waals surface area contributed by atoms with E-state index in [9.17, 15) is 4.39 Å². The molecule has 1 aromatic rings. The number of piperidine rings is 1. The molecule has 0 amide bonds. The zero-order valence-corrected chi connectivity index (χ0v) is 11.5. The van der Waals surface area contributed by atoms with Crippen molar-refractivity contribution in [1.82, 2.24) is 4.90 Å². The summed E-state index contributed by atoms with van der Waals surface area (Å²) in [5, 5.41) is 0.121. The molecule has 100 valence electrons. The Labute approximate surface area is 112 Å². The van der Waals surface area contributed by atoms with Gasteiger partial charge in [-0.1, -0.05) is 11.6 Å². The van der Waals surface area contributed by atoms with E-state index in [4.69, 9.17) is 17.3 Å². The van der Waals surface area contributed by atoms with Crippen LogP contribution in [0.2, 0.25) is 5.02 Å². The number of hydrogen-bond acceptors (Lipinski definition) is 3. The Kier molecular flexibility index (Phi) is 3.97. The van der Waals surface area contributed by atoms with Gasteiger partial charge in [0.2, 0.25) is 0 Å². The van der Waals surface area contributed by atoms with Gasteiger partial charge in [-0.3, -0.25) is 0 Å². The number of likely N-dealkylation sites (N-methyl/N-ethyl adjacent to an activating group) is 2. The molecule has 1 aliphatic heterocycles. The predicted molar refractivity (Wildman–Crippen MR) is 74.7 cm³/mol. The van der Waals surface area contributed by atoms with E-state index in [2.05, 4.69) is 16.8 Å². The quantitative estimate of drug-likeness (QED) is 0.840. The maximum absolute atomic E-state index is 13.3. The molecule has 0 aliphatic carbocycles. The fourth-order valence-electron chi connectivity index (χ4n) is 2.51. The minimum absolute atomic E-state index is 0.121. The third kappa shape index (κ3) is 2.70. The molecule has 1 aromatic carbocycles. The summed E-state index contributed by atoms with van der Waals surface area (Å²) in [7, 11) is 4.10.